The van der Waals surface area contributed by atoms with Crippen LogP contribution in [-0.2, 0) is 0 Å². The normalized spacial score (nSPS) is 23.8. The van der Waals surface area contributed by atoms with E-state index < -0.39 is 0 Å². The highest BCUT2D eigenvalue weighted by atomic mass is 19.1. The molecule has 1 fully saturated rings. The molecule has 1 N–H and O–H groups in total. The third kappa shape index (κ3) is 3.00. The number of anilines is 1. The van der Waals surface area contributed by atoms with E-state index in [1.54, 1.807) is 7.11 Å². The van der Waals surface area contributed by atoms with E-state index in [9.17, 15) is 4.39 Å². The standard InChI is InChI=1S/C15H23FN2O/c1-10(2)14-8-17-11(3)9-18(14)13-6-5-12(16)7-15(13)19-4/h5-7,10-11,14,17H,8-9H2,1-4H3. The van der Waals surface area contributed by atoms with Crippen molar-refractivity contribution in [1.29, 1.82) is 0 Å². The SMILES string of the molecule is COc1cc(F)ccc1N1CC(C)NCC1C(C)C. The van der Waals surface area contributed by atoms with Crippen molar-refractivity contribution in [3.05, 3.63) is 24.0 Å². The van der Waals surface area contributed by atoms with Crippen LogP contribution in [0.4, 0.5) is 10.1 Å². The number of halogens is 1. The average molecular weight is 266 g/mol. The Morgan fingerprint density at radius 3 is 2.79 bits per heavy atom. The van der Waals surface area contributed by atoms with Gasteiger partial charge in [-0.25, -0.2) is 4.39 Å². The summed E-state index contributed by atoms with van der Waals surface area (Å²) >= 11 is 0. The van der Waals surface area contributed by atoms with E-state index in [2.05, 4.69) is 31.0 Å². The molecule has 0 bridgehead atoms. The molecule has 3 nitrogen and oxygen atoms in total. The van der Waals surface area contributed by atoms with Gasteiger partial charge >= 0.3 is 0 Å². The first-order valence-corrected chi connectivity index (χ1v) is 6.86. The number of benzene rings is 1. The molecule has 106 valence electrons. The van der Waals surface area contributed by atoms with Gasteiger partial charge in [-0.15, -0.1) is 0 Å². The highest BCUT2D eigenvalue weighted by Crippen LogP contribution is 2.33. The van der Waals surface area contributed by atoms with Gasteiger partial charge in [0.15, 0.2) is 0 Å². The summed E-state index contributed by atoms with van der Waals surface area (Å²) in [5.74, 6) is 0.874. The van der Waals surface area contributed by atoms with E-state index in [0.29, 0.717) is 23.8 Å². The largest absolute Gasteiger partial charge is 0.494 e. The van der Waals surface area contributed by atoms with Crippen LogP contribution in [0.25, 0.3) is 0 Å². The molecule has 1 aromatic rings. The van der Waals surface area contributed by atoms with Crippen LogP contribution >= 0.6 is 0 Å². The van der Waals surface area contributed by atoms with Gasteiger partial charge in [-0.1, -0.05) is 13.8 Å². The predicted molar refractivity (Wildman–Crippen MR) is 76.4 cm³/mol. The Labute approximate surface area is 114 Å². The Kier molecular flexibility index (Phi) is 4.30. The molecular formula is C15H23FN2O. The Morgan fingerprint density at radius 2 is 2.16 bits per heavy atom. The molecule has 0 spiro atoms. The fourth-order valence-corrected chi connectivity index (χ4v) is 2.69. The number of ether oxygens (including phenoxy) is 1. The molecule has 19 heavy (non-hydrogen) atoms. The van der Waals surface area contributed by atoms with Crippen LogP contribution in [0.15, 0.2) is 18.2 Å². The van der Waals surface area contributed by atoms with Crippen LogP contribution < -0.4 is 15.0 Å². The molecule has 0 amide bonds. The van der Waals surface area contributed by atoms with E-state index >= 15 is 0 Å². The van der Waals surface area contributed by atoms with Crippen molar-refractivity contribution in [1.82, 2.24) is 5.32 Å². The van der Waals surface area contributed by atoms with Crippen molar-refractivity contribution in [2.75, 3.05) is 25.1 Å². The molecular weight excluding hydrogens is 243 g/mol. The first-order valence-electron chi connectivity index (χ1n) is 6.86. The van der Waals surface area contributed by atoms with Crippen LogP contribution in [0.3, 0.4) is 0 Å². The number of nitrogens with one attached hydrogen (secondary N) is 1. The van der Waals surface area contributed by atoms with E-state index in [1.165, 1.54) is 12.1 Å². The lowest BCUT2D eigenvalue weighted by molar-refractivity contribution is 0.342. The predicted octanol–water partition coefficient (Wildman–Crippen LogP) is 2.66. The van der Waals surface area contributed by atoms with Crippen molar-refractivity contribution in [3.8, 4) is 5.75 Å². The Balaban J connectivity index is 2.35. The summed E-state index contributed by atoms with van der Waals surface area (Å²) in [4.78, 5) is 2.34. The molecule has 0 aromatic heterocycles. The zero-order valence-electron chi connectivity index (χ0n) is 12.1. The summed E-state index contributed by atoms with van der Waals surface area (Å²) in [6.45, 7) is 8.44. The third-order valence-corrected chi connectivity index (χ3v) is 3.77. The van der Waals surface area contributed by atoms with Gasteiger partial charge in [0.05, 0.1) is 12.8 Å². The van der Waals surface area contributed by atoms with Crippen LogP contribution in [0, 0.1) is 11.7 Å². The van der Waals surface area contributed by atoms with Crippen molar-refractivity contribution in [2.45, 2.75) is 32.9 Å². The van der Waals surface area contributed by atoms with Crippen LogP contribution in [0.1, 0.15) is 20.8 Å². The molecule has 1 heterocycles. The smallest absolute Gasteiger partial charge is 0.145 e. The Morgan fingerprint density at radius 1 is 1.42 bits per heavy atom. The Bertz CT molecular complexity index is 436. The summed E-state index contributed by atoms with van der Waals surface area (Å²) in [7, 11) is 1.59. The summed E-state index contributed by atoms with van der Waals surface area (Å²) in [6.07, 6.45) is 0. The maximum atomic E-state index is 13.3. The minimum absolute atomic E-state index is 0.259. The summed E-state index contributed by atoms with van der Waals surface area (Å²) in [5, 5.41) is 3.51. The van der Waals surface area contributed by atoms with E-state index in [0.717, 1.165) is 18.8 Å². The van der Waals surface area contributed by atoms with Crippen LogP contribution in [0.5, 0.6) is 5.75 Å². The first kappa shape index (κ1) is 14.1. The minimum atomic E-state index is -0.259. The zero-order valence-corrected chi connectivity index (χ0v) is 12.1. The minimum Gasteiger partial charge on any atom is -0.494 e. The van der Waals surface area contributed by atoms with E-state index in [-0.39, 0.29) is 5.82 Å². The maximum Gasteiger partial charge on any atom is 0.145 e. The summed E-state index contributed by atoms with van der Waals surface area (Å²) in [6, 6.07) is 5.60. The molecule has 0 radical (unpaired) electrons. The van der Waals surface area contributed by atoms with Gasteiger partial charge in [-0.2, -0.15) is 0 Å². The zero-order chi connectivity index (χ0) is 14.0. The average Bonchev–Trinajstić information content (AvgIpc) is 2.38. The number of piperazine rings is 1. The number of hydrogen-bond donors (Lipinski definition) is 1. The van der Waals surface area contributed by atoms with Crippen molar-refractivity contribution >= 4 is 5.69 Å². The number of nitrogens with zero attached hydrogens (tertiary/aromatic N) is 1. The topological polar surface area (TPSA) is 24.5 Å². The number of rotatable bonds is 3. The van der Waals surface area contributed by atoms with Crippen molar-refractivity contribution < 1.29 is 9.13 Å². The van der Waals surface area contributed by atoms with Gasteiger partial charge in [0.2, 0.25) is 0 Å². The van der Waals surface area contributed by atoms with Gasteiger partial charge < -0.3 is 15.0 Å². The van der Waals surface area contributed by atoms with Crippen LogP contribution in [-0.4, -0.2) is 32.3 Å². The van der Waals surface area contributed by atoms with Crippen LogP contribution in [0.2, 0.25) is 0 Å². The molecule has 2 atom stereocenters. The molecule has 2 unspecified atom stereocenters. The quantitative estimate of drug-likeness (QED) is 0.910. The fourth-order valence-electron chi connectivity index (χ4n) is 2.69. The second-order valence-electron chi connectivity index (χ2n) is 5.59. The second kappa shape index (κ2) is 5.78. The molecule has 0 aliphatic carbocycles. The molecule has 1 saturated heterocycles. The molecule has 1 aromatic carbocycles. The summed E-state index contributed by atoms with van der Waals surface area (Å²) in [5.41, 5.74) is 0.982. The van der Waals surface area contributed by atoms with E-state index in [1.807, 2.05) is 6.07 Å². The lowest BCUT2D eigenvalue weighted by atomic mass is 9.97. The lowest BCUT2D eigenvalue weighted by Crippen LogP contribution is -2.57. The summed E-state index contributed by atoms with van der Waals surface area (Å²) < 4.78 is 18.7. The first-order chi connectivity index (χ1) is 9.02. The third-order valence-electron chi connectivity index (χ3n) is 3.77. The molecule has 4 heteroatoms. The molecule has 1 aliphatic heterocycles. The second-order valence-corrected chi connectivity index (χ2v) is 5.59. The highest BCUT2D eigenvalue weighted by Gasteiger charge is 2.29. The maximum absolute atomic E-state index is 13.3. The van der Waals surface area contributed by atoms with Gasteiger partial charge in [-0.3, -0.25) is 0 Å². The van der Waals surface area contributed by atoms with Gasteiger partial charge in [0.25, 0.3) is 0 Å². The number of hydrogen-bond acceptors (Lipinski definition) is 3. The molecule has 2 rings (SSSR count). The molecule has 0 saturated carbocycles. The van der Waals surface area contributed by atoms with Crippen molar-refractivity contribution in [2.24, 2.45) is 5.92 Å². The lowest BCUT2D eigenvalue weighted by Gasteiger charge is -2.43. The Hall–Kier alpha value is -1.29. The monoisotopic (exact) mass is 266 g/mol. The number of methoxy groups -OCH3 is 1. The van der Waals surface area contributed by atoms with Crippen molar-refractivity contribution in [3.63, 3.8) is 0 Å². The van der Waals surface area contributed by atoms with Gasteiger partial charge in [-0.05, 0) is 25.0 Å². The fraction of sp³-hybridized carbons (Fsp3) is 0.600. The highest BCUT2D eigenvalue weighted by molar-refractivity contribution is 5.60. The van der Waals surface area contributed by atoms with Gasteiger partial charge in [0.1, 0.15) is 11.6 Å². The molecule has 1 aliphatic rings. The van der Waals surface area contributed by atoms with E-state index in [4.69, 9.17) is 4.74 Å². The van der Waals surface area contributed by atoms with Gasteiger partial charge in [0, 0.05) is 31.2 Å².